The minimum absolute atomic E-state index is 0.0457. The number of nitrogens with zero attached hydrogens (tertiary/aromatic N) is 3. The predicted molar refractivity (Wildman–Crippen MR) is 115 cm³/mol. The van der Waals surface area contributed by atoms with Gasteiger partial charge in [-0.2, -0.15) is 0 Å². The number of para-hydroxylation sites is 1. The Labute approximate surface area is 178 Å². The molecular weight excluding hydrogens is 388 g/mol. The molecule has 2 unspecified atom stereocenters. The van der Waals surface area contributed by atoms with Crippen molar-refractivity contribution in [3.05, 3.63) is 29.3 Å². The van der Waals surface area contributed by atoms with Crippen LogP contribution in [0.15, 0.2) is 24.3 Å². The van der Waals surface area contributed by atoms with E-state index in [0.717, 1.165) is 49.7 Å². The molecule has 1 spiro atoms. The van der Waals surface area contributed by atoms with E-state index in [-0.39, 0.29) is 17.4 Å². The third-order valence-corrected chi connectivity index (χ3v) is 6.85. The second-order valence-corrected chi connectivity index (χ2v) is 10.2. The molecule has 158 valence electrons. The van der Waals surface area contributed by atoms with Crippen molar-refractivity contribution in [2.75, 3.05) is 37.7 Å². The van der Waals surface area contributed by atoms with Crippen LogP contribution in [0.2, 0.25) is 5.02 Å². The fourth-order valence-electron chi connectivity index (χ4n) is 5.67. The van der Waals surface area contributed by atoms with Crippen molar-refractivity contribution in [3.8, 4) is 0 Å². The number of anilines is 1. The van der Waals surface area contributed by atoms with E-state index in [9.17, 15) is 9.59 Å². The van der Waals surface area contributed by atoms with Crippen LogP contribution in [0.5, 0.6) is 0 Å². The van der Waals surface area contributed by atoms with Crippen molar-refractivity contribution in [1.82, 2.24) is 15.1 Å². The summed E-state index contributed by atoms with van der Waals surface area (Å²) in [7, 11) is 0. The topological polar surface area (TPSA) is 55.9 Å². The highest BCUT2D eigenvalue weighted by molar-refractivity contribution is 6.33. The summed E-state index contributed by atoms with van der Waals surface area (Å²) in [6.45, 7) is 10.1. The number of piperazine rings is 1. The molecule has 0 bridgehead atoms. The average molecular weight is 419 g/mol. The lowest BCUT2D eigenvalue weighted by Gasteiger charge is -2.44. The Morgan fingerprint density at radius 2 is 1.79 bits per heavy atom. The van der Waals surface area contributed by atoms with E-state index in [1.54, 1.807) is 0 Å². The number of nitrogens with one attached hydrogen (secondary N) is 1. The molecule has 2 atom stereocenters. The minimum atomic E-state index is -0.725. The second-order valence-electron chi connectivity index (χ2n) is 9.80. The standard InChI is InChI=1S/C22H31ClN4O2/c1-16-12-21(2,3)14-22(13-16)19(28)27(20(29)24-22)15-25-8-10-26(11-9-25)18-7-5-4-6-17(18)23/h4-7,16H,8-15H2,1-3H3,(H,24,29). The molecule has 2 heterocycles. The van der Waals surface area contributed by atoms with Crippen LogP contribution in [0.4, 0.5) is 10.5 Å². The number of carbonyl (C=O) groups excluding carboxylic acids is 2. The first-order valence-electron chi connectivity index (χ1n) is 10.6. The van der Waals surface area contributed by atoms with E-state index in [1.807, 2.05) is 24.3 Å². The summed E-state index contributed by atoms with van der Waals surface area (Å²) in [4.78, 5) is 31.9. The van der Waals surface area contributed by atoms with Crippen LogP contribution in [-0.4, -0.2) is 60.1 Å². The van der Waals surface area contributed by atoms with Crippen molar-refractivity contribution in [2.45, 2.75) is 45.6 Å². The number of hydrogen-bond donors (Lipinski definition) is 1. The molecule has 1 aromatic rings. The van der Waals surface area contributed by atoms with Gasteiger partial charge >= 0.3 is 6.03 Å². The zero-order chi connectivity index (χ0) is 20.8. The second kappa shape index (κ2) is 7.47. The van der Waals surface area contributed by atoms with Gasteiger partial charge in [0.25, 0.3) is 5.91 Å². The van der Waals surface area contributed by atoms with Crippen molar-refractivity contribution >= 4 is 29.2 Å². The molecule has 1 aliphatic carbocycles. The summed E-state index contributed by atoms with van der Waals surface area (Å²) in [6.07, 6.45) is 2.53. The number of amides is 3. The number of hydrogen-bond acceptors (Lipinski definition) is 4. The monoisotopic (exact) mass is 418 g/mol. The van der Waals surface area contributed by atoms with Gasteiger partial charge in [0.05, 0.1) is 17.4 Å². The first-order chi connectivity index (χ1) is 13.7. The fraction of sp³-hybridized carbons (Fsp3) is 0.636. The summed E-state index contributed by atoms with van der Waals surface area (Å²) >= 11 is 6.33. The van der Waals surface area contributed by atoms with E-state index in [2.05, 4.69) is 35.9 Å². The lowest BCUT2D eigenvalue weighted by atomic mass is 9.64. The number of halogens is 1. The molecule has 1 saturated carbocycles. The molecule has 3 amide bonds. The third kappa shape index (κ3) is 3.97. The van der Waals surface area contributed by atoms with Gasteiger partial charge in [0, 0.05) is 26.2 Å². The van der Waals surface area contributed by atoms with Crippen molar-refractivity contribution in [2.24, 2.45) is 11.3 Å². The van der Waals surface area contributed by atoms with Gasteiger partial charge < -0.3 is 10.2 Å². The normalized spacial score (nSPS) is 30.1. The minimum Gasteiger partial charge on any atom is -0.368 e. The maximum absolute atomic E-state index is 13.3. The van der Waals surface area contributed by atoms with Gasteiger partial charge in [0.1, 0.15) is 5.54 Å². The van der Waals surface area contributed by atoms with E-state index in [1.165, 1.54) is 4.90 Å². The maximum atomic E-state index is 13.3. The number of imide groups is 1. The van der Waals surface area contributed by atoms with E-state index >= 15 is 0 Å². The van der Waals surface area contributed by atoms with E-state index < -0.39 is 5.54 Å². The van der Waals surface area contributed by atoms with Gasteiger partial charge in [-0.1, -0.05) is 44.5 Å². The molecule has 3 aliphatic rings. The largest absolute Gasteiger partial charge is 0.368 e. The molecule has 1 aromatic carbocycles. The highest BCUT2D eigenvalue weighted by atomic mass is 35.5. The molecule has 3 fully saturated rings. The Morgan fingerprint density at radius 1 is 1.10 bits per heavy atom. The van der Waals surface area contributed by atoms with Crippen LogP contribution >= 0.6 is 11.6 Å². The SMILES string of the molecule is CC1CC(C)(C)CC2(C1)NC(=O)N(CN1CCN(c3ccccc3Cl)CC1)C2=O. The van der Waals surface area contributed by atoms with Gasteiger partial charge in [-0.05, 0) is 42.7 Å². The Bertz CT molecular complexity index is 806. The smallest absolute Gasteiger partial charge is 0.326 e. The molecule has 29 heavy (non-hydrogen) atoms. The zero-order valence-corrected chi connectivity index (χ0v) is 18.3. The summed E-state index contributed by atoms with van der Waals surface area (Å²) < 4.78 is 0. The maximum Gasteiger partial charge on any atom is 0.326 e. The average Bonchev–Trinajstić information content (AvgIpc) is 2.84. The summed E-state index contributed by atoms with van der Waals surface area (Å²) in [6, 6.07) is 7.62. The van der Waals surface area contributed by atoms with Crippen molar-refractivity contribution in [3.63, 3.8) is 0 Å². The first-order valence-corrected chi connectivity index (χ1v) is 10.9. The van der Waals surface area contributed by atoms with Gasteiger partial charge in [0.2, 0.25) is 0 Å². The van der Waals surface area contributed by atoms with Crippen LogP contribution in [-0.2, 0) is 4.79 Å². The molecule has 2 aliphatic heterocycles. The highest BCUT2D eigenvalue weighted by Gasteiger charge is 2.56. The molecular formula is C22H31ClN4O2. The van der Waals surface area contributed by atoms with E-state index in [4.69, 9.17) is 11.6 Å². The Morgan fingerprint density at radius 3 is 2.45 bits per heavy atom. The predicted octanol–water partition coefficient (Wildman–Crippen LogP) is 3.56. The number of benzene rings is 1. The first kappa shape index (κ1) is 20.5. The molecule has 2 saturated heterocycles. The molecule has 1 N–H and O–H groups in total. The molecule has 4 rings (SSSR count). The summed E-state index contributed by atoms with van der Waals surface area (Å²) in [5.74, 6) is 0.373. The van der Waals surface area contributed by atoms with Crippen LogP contribution in [0.1, 0.15) is 40.0 Å². The summed E-state index contributed by atoms with van der Waals surface area (Å²) in [5, 5.41) is 3.83. The van der Waals surface area contributed by atoms with Gasteiger partial charge in [-0.25, -0.2) is 9.69 Å². The van der Waals surface area contributed by atoms with Crippen molar-refractivity contribution in [1.29, 1.82) is 0 Å². The van der Waals surface area contributed by atoms with Gasteiger partial charge in [0.15, 0.2) is 0 Å². The number of rotatable bonds is 3. The molecule has 6 nitrogen and oxygen atoms in total. The quantitative estimate of drug-likeness (QED) is 0.762. The van der Waals surface area contributed by atoms with Crippen LogP contribution in [0.25, 0.3) is 0 Å². The third-order valence-electron chi connectivity index (χ3n) is 6.53. The summed E-state index contributed by atoms with van der Waals surface area (Å²) in [5.41, 5.74) is 0.371. The molecule has 0 aromatic heterocycles. The van der Waals surface area contributed by atoms with E-state index in [0.29, 0.717) is 19.0 Å². The zero-order valence-electron chi connectivity index (χ0n) is 17.6. The van der Waals surface area contributed by atoms with Crippen molar-refractivity contribution < 1.29 is 9.59 Å². The molecule has 0 radical (unpaired) electrons. The fourth-order valence-corrected chi connectivity index (χ4v) is 5.93. The van der Waals surface area contributed by atoms with Gasteiger partial charge in [-0.15, -0.1) is 0 Å². The number of urea groups is 1. The highest BCUT2D eigenvalue weighted by Crippen LogP contribution is 2.46. The molecule has 7 heteroatoms. The van der Waals surface area contributed by atoms with Crippen LogP contribution in [0.3, 0.4) is 0 Å². The van der Waals surface area contributed by atoms with Gasteiger partial charge in [-0.3, -0.25) is 9.69 Å². The Balaban J connectivity index is 1.40. The van der Waals surface area contributed by atoms with Crippen LogP contribution < -0.4 is 10.2 Å². The lowest BCUT2D eigenvalue weighted by molar-refractivity contribution is -0.136. The Kier molecular flexibility index (Phi) is 5.28. The lowest BCUT2D eigenvalue weighted by Crippen LogP contribution is -2.55. The van der Waals surface area contributed by atoms with Crippen LogP contribution in [0, 0.1) is 11.3 Å². The Hall–Kier alpha value is -1.79. The number of carbonyl (C=O) groups is 2.